The Hall–Kier alpha value is -0.610. The number of piperidine rings is 1. The Morgan fingerprint density at radius 3 is 2.37 bits per heavy atom. The van der Waals surface area contributed by atoms with E-state index in [0.717, 1.165) is 32.6 Å². The molecule has 0 unspecified atom stereocenters. The summed E-state index contributed by atoms with van der Waals surface area (Å²) in [6.45, 7) is 11.1. The van der Waals surface area contributed by atoms with Gasteiger partial charge in [0, 0.05) is 44.1 Å². The predicted octanol–water partition coefficient (Wildman–Crippen LogP) is 0.929. The van der Waals surface area contributed by atoms with Crippen molar-refractivity contribution in [3.8, 4) is 0 Å². The third-order valence-corrected chi connectivity index (χ3v) is 5.25. The zero-order valence-electron chi connectivity index (χ0n) is 12.3. The van der Waals surface area contributed by atoms with E-state index >= 15 is 0 Å². The van der Waals surface area contributed by atoms with Gasteiger partial charge in [0.15, 0.2) is 0 Å². The smallest absolute Gasteiger partial charge is 0.222 e. The molecule has 3 saturated heterocycles. The van der Waals surface area contributed by atoms with Gasteiger partial charge >= 0.3 is 0 Å². The van der Waals surface area contributed by atoms with E-state index in [0.29, 0.717) is 23.3 Å². The van der Waals surface area contributed by atoms with Gasteiger partial charge in [0.25, 0.3) is 0 Å². The van der Waals surface area contributed by atoms with Crippen LogP contribution in [0.15, 0.2) is 0 Å². The van der Waals surface area contributed by atoms with Gasteiger partial charge in [0.2, 0.25) is 5.91 Å². The van der Waals surface area contributed by atoms with E-state index in [9.17, 15) is 4.79 Å². The van der Waals surface area contributed by atoms with Crippen molar-refractivity contribution in [2.24, 2.45) is 11.3 Å². The largest absolute Gasteiger partial charge is 0.341 e. The van der Waals surface area contributed by atoms with E-state index in [1.807, 2.05) is 0 Å². The maximum absolute atomic E-state index is 12.2. The van der Waals surface area contributed by atoms with E-state index in [2.05, 4.69) is 29.0 Å². The molecule has 0 aromatic rings. The fourth-order valence-corrected chi connectivity index (χ4v) is 3.69. The molecule has 0 atom stereocenters. The molecular formula is C15H27N3O. The third-order valence-electron chi connectivity index (χ3n) is 5.25. The molecule has 1 amide bonds. The monoisotopic (exact) mass is 265 g/mol. The first-order valence-electron chi connectivity index (χ1n) is 7.81. The molecule has 1 N–H and O–H groups in total. The normalized spacial score (nSPS) is 27.4. The van der Waals surface area contributed by atoms with Crippen molar-refractivity contribution >= 4 is 5.91 Å². The molecule has 3 aliphatic heterocycles. The lowest BCUT2D eigenvalue weighted by atomic mass is 9.74. The average molecular weight is 265 g/mol. The molecule has 3 aliphatic rings. The Labute approximate surface area is 116 Å². The molecule has 3 fully saturated rings. The molecule has 1 spiro atoms. The fourth-order valence-electron chi connectivity index (χ4n) is 3.69. The van der Waals surface area contributed by atoms with Gasteiger partial charge in [0.1, 0.15) is 0 Å². The van der Waals surface area contributed by atoms with Crippen molar-refractivity contribution in [2.75, 3.05) is 39.3 Å². The van der Waals surface area contributed by atoms with Gasteiger partial charge in [-0.15, -0.1) is 0 Å². The second-order valence-electron chi connectivity index (χ2n) is 7.13. The molecule has 19 heavy (non-hydrogen) atoms. The Kier molecular flexibility index (Phi) is 3.56. The summed E-state index contributed by atoms with van der Waals surface area (Å²) >= 11 is 0. The van der Waals surface area contributed by atoms with Crippen molar-refractivity contribution in [2.45, 2.75) is 39.2 Å². The van der Waals surface area contributed by atoms with Gasteiger partial charge in [-0.05, 0) is 45.7 Å². The molecule has 0 saturated carbocycles. The van der Waals surface area contributed by atoms with E-state index in [1.54, 1.807) is 0 Å². The summed E-state index contributed by atoms with van der Waals surface area (Å²) in [7, 11) is 0. The van der Waals surface area contributed by atoms with Crippen LogP contribution < -0.4 is 5.32 Å². The van der Waals surface area contributed by atoms with Crippen LogP contribution >= 0.6 is 0 Å². The number of likely N-dealkylation sites (tertiary alicyclic amines) is 2. The lowest BCUT2D eigenvalue weighted by Gasteiger charge is -2.56. The maximum atomic E-state index is 12.2. The van der Waals surface area contributed by atoms with Crippen LogP contribution in [-0.4, -0.2) is 61.0 Å². The zero-order valence-corrected chi connectivity index (χ0v) is 12.3. The van der Waals surface area contributed by atoms with E-state index in [-0.39, 0.29) is 0 Å². The van der Waals surface area contributed by atoms with E-state index < -0.39 is 0 Å². The highest BCUT2D eigenvalue weighted by atomic mass is 16.2. The lowest BCUT2D eigenvalue weighted by molar-refractivity contribution is -0.148. The average Bonchev–Trinajstić information content (AvgIpc) is 2.25. The Morgan fingerprint density at radius 2 is 1.89 bits per heavy atom. The minimum atomic E-state index is 0.403. The Balaban J connectivity index is 1.39. The lowest BCUT2D eigenvalue weighted by Crippen LogP contribution is -2.72. The van der Waals surface area contributed by atoms with Crippen LogP contribution in [0, 0.1) is 11.3 Å². The number of carbonyl (C=O) groups is 1. The van der Waals surface area contributed by atoms with Gasteiger partial charge in [-0.2, -0.15) is 0 Å². The Morgan fingerprint density at radius 1 is 1.26 bits per heavy atom. The minimum absolute atomic E-state index is 0.403. The summed E-state index contributed by atoms with van der Waals surface area (Å²) in [6, 6.07) is 0.651. The summed E-state index contributed by atoms with van der Waals surface area (Å²) in [5.41, 5.74) is 0.469. The molecule has 0 aliphatic carbocycles. The van der Waals surface area contributed by atoms with Crippen LogP contribution in [0.25, 0.3) is 0 Å². The number of hydrogen-bond acceptors (Lipinski definition) is 3. The van der Waals surface area contributed by atoms with Crippen LogP contribution in [-0.2, 0) is 4.79 Å². The topological polar surface area (TPSA) is 35.6 Å². The molecule has 4 nitrogen and oxygen atoms in total. The molecule has 108 valence electrons. The number of amides is 1. The Bertz CT molecular complexity index is 335. The first kappa shape index (κ1) is 13.4. The number of rotatable bonds is 3. The summed E-state index contributed by atoms with van der Waals surface area (Å²) in [5.74, 6) is 1.03. The van der Waals surface area contributed by atoms with Crippen molar-refractivity contribution in [3.05, 3.63) is 0 Å². The van der Waals surface area contributed by atoms with Crippen LogP contribution in [0.3, 0.4) is 0 Å². The van der Waals surface area contributed by atoms with Gasteiger partial charge in [-0.1, -0.05) is 0 Å². The van der Waals surface area contributed by atoms with Crippen molar-refractivity contribution in [1.82, 2.24) is 15.1 Å². The first-order valence-corrected chi connectivity index (χ1v) is 7.81. The summed E-state index contributed by atoms with van der Waals surface area (Å²) in [4.78, 5) is 16.8. The molecule has 0 radical (unpaired) electrons. The standard InChI is InChI=1S/C15H27N3O/c1-12(2)17-5-3-13(4-6-17)7-14(19)18-10-15(11-18)8-16-9-15/h12-13,16H,3-11H2,1-2H3. The number of hydrogen-bond donors (Lipinski definition) is 1. The highest BCUT2D eigenvalue weighted by Crippen LogP contribution is 2.35. The van der Waals surface area contributed by atoms with Crippen LogP contribution in [0.2, 0.25) is 0 Å². The summed E-state index contributed by atoms with van der Waals surface area (Å²) < 4.78 is 0. The van der Waals surface area contributed by atoms with Crippen LogP contribution in [0.4, 0.5) is 0 Å². The van der Waals surface area contributed by atoms with Crippen molar-refractivity contribution < 1.29 is 4.79 Å². The molecule has 3 rings (SSSR count). The minimum Gasteiger partial charge on any atom is -0.341 e. The van der Waals surface area contributed by atoms with Crippen LogP contribution in [0.1, 0.15) is 33.1 Å². The van der Waals surface area contributed by atoms with Gasteiger partial charge in [-0.3, -0.25) is 4.79 Å². The second kappa shape index (κ2) is 5.06. The van der Waals surface area contributed by atoms with Crippen molar-refractivity contribution in [3.63, 3.8) is 0 Å². The van der Waals surface area contributed by atoms with Crippen LogP contribution in [0.5, 0.6) is 0 Å². The fraction of sp³-hybridized carbons (Fsp3) is 0.933. The number of nitrogens with one attached hydrogen (secondary N) is 1. The second-order valence-corrected chi connectivity index (χ2v) is 7.13. The molecule has 3 heterocycles. The van der Waals surface area contributed by atoms with E-state index in [1.165, 1.54) is 25.9 Å². The molecule has 4 heteroatoms. The molecule has 0 bridgehead atoms. The summed E-state index contributed by atoms with van der Waals surface area (Å²) in [5, 5.41) is 3.32. The predicted molar refractivity (Wildman–Crippen MR) is 75.9 cm³/mol. The van der Waals surface area contributed by atoms with Crippen molar-refractivity contribution in [1.29, 1.82) is 0 Å². The molecule has 0 aromatic carbocycles. The molecule has 0 aromatic heterocycles. The number of carbonyl (C=O) groups excluding carboxylic acids is 1. The maximum Gasteiger partial charge on any atom is 0.222 e. The summed E-state index contributed by atoms with van der Waals surface area (Å²) in [6.07, 6.45) is 3.18. The quantitative estimate of drug-likeness (QED) is 0.824. The van der Waals surface area contributed by atoms with Gasteiger partial charge < -0.3 is 15.1 Å². The molecular weight excluding hydrogens is 238 g/mol. The van der Waals surface area contributed by atoms with Gasteiger partial charge in [-0.25, -0.2) is 0 Å². The highest BCUT2D eigenvalue weighted by Gasteiger charge is 2.49. The van der Waals surface area contributed by atoms with E-state index in [4.69, 9.17) is 0 Å². The third kappa shape index (κ3) is 2.65. The van der Waals surface area contributed by atoms with Gasteiger partial charge in [0.05, 0.1) is 0 Å². The first-order chi connectivity index (χ1) is 9.08. The highest BCUT2D eigenvalue weighted by molar-refractivity contribution is 5.77. The number of nitrogens with zero attached hydrogens (tertiary/aromatic N) is 2. The zero-order chi connectivity index (χ0) is 13.5. The SMILES string of the molecule is CC(C)N1CCC(CC(=O)N2CC3(CNC3)C2)CC1.